The first-order valence-corrected chi connectivity index (χ1v) is 7.15. The molecular weight excluding hydrogens is 244 g/mol. The normalized spacial score (nSPS) is 12.7. The number of nitrogens with two attached hydrogens (primary N) is 1. The average Bonchev–Trinajstić information content (AvgIpc) is 2.39. The standard InChI is InChI=1S/C18H24N2/c1-12(2)15-5-7-16(8-6-15)18(20-19)17-10-13(3)9-14(4)11-17/h5-12,18,20H,19H2,1-4H3. The molecule has 2 aromatic rings. The summed E-state index contributed by atoms with van der Waals surface area (Å²) in [5, 5.41) is 0. The van der Waals surface area contributed by atoms with E-state index in [0.29, 0.717) is 5.92 Å². The van der Waals surface area contributed by atoms with Crippen LogP contribution in [0.5, 0.6) is 0 Å². The molecule has 20 heavy (non-hydrogen) atoms. The summed E-state index contributed by atoms with van der Waals surface area (Å²) in [5.74, 6) is 6.34. The van der Waals surface area contributed by atoms with Crippen molar-refractivity contribution in [3.8, 4) is 0 Å². The number of hydrazine groups is 1. The van der Waals surface area contributed by atoms with Gasteiger partial charge < -0.3 is 0 Å². The lowest BCUT2D eigenvalue weighted by Crippen LogP contribution is -2.29. The molecule has 1 unspecified atom stereocenters. The Kier molecular flexibility index (Phi) is 4.58. The lowest BCUT2D eigenvalue weighted by molar-refractivity contribution is 0.635. The van der Waals surface area contributed by atoms with Gasteiger partial charge in [0.05, 0.1) is 6.04 Å². The fraction of sp³-hybridized carbons (Fsp3) is 0.333. The van der Waals surface area contributed by atoms with Crippen LogP contribution in [0.15, 0.2) is 42.5 Å². The maximum Gasteiger partial charge on any atom is 0.0710 e. The maximum absolute atomic E-state index is 5.78. The largest absolute Gasteiger partial charge is 0.271 e. The Morgan fingerprint density at radius 3 is 1.75 bits per heavy atom. The van der Waals surface area contributed by atoms with E-state index in [1.807, 2.05) is 0 Å². The molecule has 0 aliphatic carbocycles. The molecule has 0 amide bonds. The summed E-state index contributed by atoms with van der Waals surface area (Å²) in [6.45, 7) is 8.65. The van der Waals surface area contributed by atoms with Crippen LogP contribution < -0.4 is 11.3 Å². The maximum atomic E-state index is 5.78. The van der Waals surface area contributed by atoms with Crippen LogP contribution in [-0.2, 0) is 0 Å². The highest BCUT2D eigenvalue weighted by molar-refractivity contribution is 5.38. The zero-order valence-electron chi connectivity index (χ0n) is 12.8. The van der Waals surface area contributed by atoms with E-state index >= 15 is 0 Å². The highest BCUT2D eigenvalue weighted by atomic mass is 15.2. The van der Waals surface area contributed by atoms with Gasteiger partial charge in [0.1, 0.15) is 0 Å². The minimum Gasteiger partial charge on any atom is -0.271 e. The summed E-state index contributed by atoms with van der Waals surface area (Å²) in [4.78, 5) is 0. The average molecular weight is 268 g/mol. The first-order valence-electron chi connectivity index (χ1n) is 7.15. The molecule has 0 heterocycles. The second-order valence-electron chi connectivity index (χ2n) is 5.84. The zero-order chi connectivity index (χ0) is 14.7. The van der Waals surface area contributed by atoms with Gasteiger partial charge in [0.2, 0.25) is 0 Å². The molecule has 0 aliphatic heterocycles. The Morgan fingerprint density at radius 2 is 1.30 bits per heavy atom. The van der Waals surface area contributed by atoms with E-state index in [0.717, 1.165) is 0 Å². The van der Waals surface area contributed by atoms with Crippen molar-refractivity contribution in [2.24, 2.45) is 5.84 Å². The summed E-state index contributed by atoms with van der Waals surface area (Å²) < 4.78 is 0. The van der Waals surface area contributed by atoms with Crippen molar-refractivity contribution in [1.82, 2.24) is 5.43 Å². The number of rotatable bonds is 4. The van der Waals surface area contributed by atoms with E-state index < -0.39 is 0 Å². The molecule has 0 fully saturated rings. The summed E-state index contributed by atoms with van der Waals surface area (Å²) in [6, 6.07) is 15.3. The minimum atomic E-state index is 0.0369. The van der Waals surface area contributed by atoms with Crippen LogP contribution in [-0.4, -0.2) is 0 Å². The fourth-order valence-electron chi connectivity index (χ4n) is 2.63. The number of benzene rings is 2. The summed E-state index contributed by atoms with van der Waals surface area (Å²) in [5.41, 5.74) is 9.22. The summed E-state index contributed by atoms with van der Waals surface area (Å²) in [7, 11) is 0. The quantitative estimate of drug-likeness (QED) is 0.650. The highest BCUT2D eigenvalue weighted by Crippen LogP contribution is 2.25. The zero-order valence-corrected chi connectivity index (χ0v) is 12.8. The molecular formula is C18H24N2. The van der Waals surface area contributed by atoms with Gasteiger partial charge in [0, 0.05) is 0 Å². The summed E-state index contributed by atoms with van der Waals surface area (Å²) >= 11 is 0. The van der Waals surface area contributed by atoms with Crippen LogP contribution in [0.1, 0.15) is 53.6 Å². The molecule has 3 N–H and O–H groups in total. The fourth-order valence-corrected chi connectivity index (χ4v) is 2.63. The smallest absolute Gasteiger partial charge is 0.0710 e. The molecule has 2 aromatic carbocycles. The van der Waals surface area contributed by atoms with Gasteiger partial charge in [-0.25, -0.2) is 5.43 Å². The van der Waals surface area contributed by atoms with E-state index in [1.54, 1.807) is 0 Å². The Morgan fingerprint density at radius 1 is 0.800 bits per heavy atom. The van der Waals surface area contributed by atoms with Gasteiger partial charge in [-0.2, -0.15) is 0 Å². The molecule has 2 heteroatoms. The number of hydrogen-bond acceptors (Lipinski definition) is 2. The van der Waals surface area contributed by atoms with Crippen LogP contribution in [0.2, 0.25) is 0 Å². The third kappa shape index (κ3) is 3.27. The molecule has 106 valence electrons. The molecule has 0 saturated heterocycles. The van der Waals surface area contributed by atoms with E-state index in [2.05, 4.69) is 75.6 Å². The van der Waals surface area contributed by atoms with Crippen molar-refractivity contribution in [1.29, 1.82) is 0 Å². The topological polar surface area (TPSA) is 38.0 Å². The van der Waals surface area contributed by atoms with Crippen molar-refractivity contribution >= 4 is 0 Å². The van der Waals surface area contributed by atoms with Crippen LogP contribution in [0.25, 0.3) is 0 Å². The second kappa shape index (κ2) is 6.21. The predicted molar refractivity (Wildman–Crippen MR) is 85.6 cm³/mol. The third-order valence-corrected chi connectivity index (χ3v) is 3.68. The molecule has 0 bridgehead atoms. The summed E-state index contributed by atoms with van der Waals surface area (Å²) in [6.07, 6.45) is 0. The third-order valence-electron chi connectivity index (χ3n) is 3.68. The monoisotopic (exact) mass is 268 g/mol. The molecule has 0 radical (unpaired) electrons. The van der Waals surface area contributed by atoms with Crippen molar-refractivity contribution in [3.63, 3.8) is 0 Å². The van der Waals surface area contributed by atoms with Gasteiger partial charge in [-0.1, -0.05) is 67.4 Å². The van der Waals surface area contributed by atoms with Gasteiger partial charge in [0.15, 0.2) is 0 Å². The Bertz CT molecular complexity index is 550. The van der Waals surface area contributed by atoms with Crippen molar-refractivity contribution < 1.29 is 0 Å². The lowest BCUT2D eigenvalue weighted by atomic mass is 9.94. The first-order chi connectivity index (χ1) is 9.51. The van der Waals surface area contributed by atoms with E-state index in [-0.39, 0.29) is 6.04 Å². The number of aryl methyl sites for hydroxylation is 2. The molecule has 2 nitrogen and oxygen atoms in total. The van der Waals surface area contributed by atoms with Gasteiger partial charge in [-0.3, -0.25) is 5.84 Å². The van der Waals surface area contributed by atoms with Gasteiger partial charge in [0.25, 0.3) is 0 Å². The van der Waals surface area contributed by atoms with Crippen LogP contribution in [0, 0.1) is 13.8 Å². The molecule has 1 atom stereocenters. The molecule has 0 aromatic heterocycles. The van der Waals surface area contributed by atoms with E-state index in [4.69, 9.17) is 5.84 Å². The van der Waals surface area contributed by atoms with E-state index in [9.17, 15) is 0 Å². The SMILES string of the molecule is Cc1cc(C)cc(C(NN)c2ccc(C(C)C)cc2)c1. The Balaban J connectivity index is 2.36. The van der Waals surface area contributed by atoms with E-state index in [1.165, 1.54) is 27.8 Å². The van der Waals surface area contributed by atoms with Crippen LogP contribution in [0.3, 0.4) is 0 Å². The van der Waals surface area contributed by atoms with Crippen LogP contribution >= 0.6 is 0 Å². The van der Waals surface area contributed by atoms with Gasteiger partial charge in [-0.05, 0) is 36.5 Å². The second-order valence-corrected chi connectivity index (χ2v) is 5.84. The van der Waals surface area contributed by atoms with Crippen molar-refractivity contribution in [2.75, 3.05) is 0 Å². The number of hydrogen-bond donors (Lipinski definition) is 2. The first kappa shape index (κ1) is 14.8. The number of nitrogens with one attached hydrogen (secondary N) is 1. The molecule has 0 aliphatic rings. The Labute approximate surface area is 122 Å². The van der Waals surface area contributed by atoms with Gasteiger partial charge in [-0.15, -0.1) is 0 Å². The van der Waals surface area contributed by atoms with Gasteiger partial charge >= 0.3 is 0 Å². The molecule has 0 spiro atoms. The van der Waals surface area contributed by atoms with Crippen LogP contribution in [0.4, 0.5) is 0 Å². The highest BCUT2D eigenvalue weighted by Gasteiger charge is 2.13. The molecule has 0 saturated carbocycles. The van der Waals surface area contributed by atoms with Crippen molar-refractivity contribution in [2.45, 2.75) is 39.7 Å². The predicted octanol–water partition coefficient (Wildman–Crippen LogP) is 3.98. The molecule has 2 rings (SSSR count). The minimum absolute atomic E-state index is 0.0369. The van der Waals surface area contributed by atoms with Crippen molar-refractivity contribution in [3.05, 3.63) is 70.3 Å². The lowest BCUT2D eigenvalue weighted by Gasteiger charge is -2.19. The Hall–Kier alpha value is -1.64.